The van der Waals surface area contributed by atoms with E-state index in [-0.39, 0.29) is 28.6 Å². The molecule has 4 rings (SSSR count). The second-order valence-electron chi connectivity index (χ2n) is 8.96. The number of benzene rings is 2. The number of amides is 1. The van der Waals surface area contributed by atoms with Gasteiger partial charge in [0.15, 0.2) is 5.78 Å². The molecule has 2 unspecified atom stereocenters. The zero-order chi connectivity index (χ0) is 20.3. The van der Waals surface area contributed by atoms with E-state index in [2.05, 4.69) is 26.8 Å². The Labute approximate surface area is 166 Å². The van der Waals surface area contributed by atoms with Gasteiger partial charge in [0.05, 0.1) is 0 Å². The number of hydrogen-bond donors (Lipinski definition) is 1. The smallest absolute Gasteiger partial charge is 0.254 e. The monoisotopic (exact) mass is 377 g/mol. The van der Waals surface area contributed by atoms with Gasteiger partial charge in [-0.25, -0.2) is 0 Å². The van der Waals surface area contributed by atoms with Crippen LogP contribution in [0, 0.1) is 5.41 Å². The maximum absolute atomic E-state index is 13.3. The number of carbonyl (C=O) groups is 2. The number of phenols is 1. The second kappa shape index (κ2) is 6.20. The van der Waals surface area contributed by atoms with E-state index in [9.17, 15) is 14.7 Å². The largest absolute Gasteiger partial charge is 0.508 e. The van der Waals surface area contributed by atoms with Crippen molar-refractivity contribution in [3.05, 3.63) is 64.7 Å². The lowest BCUT2D eigenvalue weighted by Crippen LogP contribution is -2.64. The Kier molecular flexibility index (Phi) is 4.14. The average molecular weight is 377 g/mol. The molecule has 1 fully saturated rings. The minimum Gasteiger partial charge on any atom is -0.508 e. The number of aromatic hydroxyl groups is 1. The third kappa shape index (κ3) is 2.50. The Morgan fingerprint density at radius 3 is 2.32 bits per heavy atom. The van der Waals surface area contributed by atoms with Gasteiger partial charge in [-0.05, 0) is 54.5 Å². The second-order valence-corrected chi connectivity index (χ2v) is 8.96. The fourth-order valence-corrected chi connectivity index (χ4v) is 5.18. The molecule has 1 amide bonds. The van der Waals surface area contributed by atoms with Crippen LogP contribution in [-0.4, -0.2) is 34.3 Å². The van der Waals surface area contributed by atoms with Crippen molar-refractivity contribution in [3.63, 3.8) is 0 Å². The van der Waals surface area contributed by atoms with Crippen LogP contribution in [0.4, 0.5) is 0 Å². The van der Waals surface area contributed by atoms with Crippen LogP contribution >= 0.6 is 0 Å². The summed E-state index contributed by atoms with van der Waals surface area (Å²) in [6.45, 7) is 8.95. The summed E-state index contributed by atoms with van der Waals surface area (Å²) in [7, 11) is 0. The number of piperidine rings is 1. The van der Waals surface area contributed by atoms with Crippen molar-refractivity contribution in [1.29, 1.82) is 0 Å². The van der Waals surface area contributed by atoms with E-state index in [0.29, 0.717) is 29.8 Å². The van der Waals surface area contributed by atoms with Crippen molar-refractivity contribution < 1.29 is 14.7 Å². The number of carbonyl (C=O) groups excluding carboxylic acids is 2. The Morgan fingerprint density at radius 2 is 1.68 bits per heavy atom. The molecule has 4 nitrogen and oxygen atoms in total. The molecule has 0 aromatic heterocycles. The number of hydrogen-bond acceptors (Lipinski definition) is 3. The van der Waals surface area contributed by atoms with Crippen LogP contribution < -0.4 is 0 Å². The maximum Gasteiger partial charge on any atom is 0.254 e. The molecule has 2 bridgehead atoms. The number of ketones is 1. The molecule has 4 heteroatoms. The first-order valence-electron chi connectivity index (χ1n) is 9.90. The van der Waals surface area contributed by atoms with Crippen molar-refractivity contribution in [2.45, 2.75) is 52.0 Å². The lowest BCUT2D eigenvalue weighted by atomic mass is 9.51. The number of nitrogens with zero attached hydrogens (tertiary/aromatic N) is 1. The van der Waals surface area contributed by atoms with Crippen LogP contribution in [0.2, 0.25) is 0 Å². The molecule has 28 heavy (non-hydrogen) atoms. The molecule has 0 radical (unpaired) electrons. The minimum absolute atomic E-state index is 0.00546. The van der Waals surface area contributed by atoms with E-state index < -0.39 is 0 Å². The van der Waals surface area contributed by atoms with Crippen molar-refractivity contribution >= 4 is 11.7 Å². The first-order chi connectivity index (χ1) is 13.2. The van der Waals surface area contributed by atoms with Gasteiger partial charge in [-0.2, -0.15) is 0 Å². The Balaban J connectivity index is 1.73. The van der Waals surface area contributed by atoms with E-state index in [1.54, 1.807) is 30.3 Å². The average Bonchev–Trinajstić information content (AvgIpc) is 2.65. The van der Waals surface area contributed by atoms with Crippen molar-refractivity contribution in [3.8, 4) is 5.75 Å². The van der Waals surface area contributed by atoms with Gasteiger partial charge in [-0.15, -0.1) is 0 Å². The topological polar surface area (TPSA) is 57.6 Å². The van der Waals surface area contributed by atoms with E-state index in [0.717, 1.165) is 12.0 Å². The lowest BCUT2D eigenvalue weighted by molar-refractivity contribution is -0.0266. The normalized spacial score (nSPS) is 25.1. The van der Waals surface area contributed by atoms with Gasteiger partial charge in [0.2, 0.25) is 0 Å². The Hall–Kier alpha value is -2.62. The predicted molar refractivity (Wildman–Crippen MR) is 109 cm³/mol. The number of fused-ring (bicyclic) bond motifs is 4. The fraction of sp³-hybridized carbons (Fsp3) is 0.417. The van der Waals surface area contributed by atoms with Crippen molar-refractivity contribution in [2.24, 2.45) is 5.41 Å². The van der Waals surface area contributed by atoms with Gasteiger partial charge in [-0.1, -0.05) is 45.0 Å². The molecule has 2 aromatic carbocycles. The molecular weight excluding hydrogens is 350 g/mol. The molecule has 2 atom stereocenters. The minimum atomic E-state index is -0.124. The highest BCUT2D eigenvalue weighted by atomic mass is 16.3. The molecule has 1 N–H and O–H groups in total. The molecule has 146 valence electrons. The number of phenolic OH excluding ortho intramolecular Hbond substituents is 1. The summed E-state index contributed by atoms with van der Waals surface area (Å²) in [5.41, 5.74) is 3.18. The lowest BCUT2D eigenvalue weighted by Gasteiger charge is -2.60. The summed E-state index contributed by atoms with van der Waals surface area (Å²) < 4.78 is 0. The molecule has 2 aromatic rings. The fourth-order valence-electron chi connectivity index (χ4n) is 5.18. The maximum atomic E-state index is 13.3. The van der Waals surface area contributed by atoms with Gasteiger partial charge in [0.1, 0.15) is 5.75 Å². The predicted octanol–water partition coefficient (Wildman–Crippen LogP) is 4.35. The zero-order valence-electron chi connectivity index (χ0n) is 17.0. The SMILES string of the molecule is CC(=O)c1ccc(C(=O)N2CCC3(C)c4cccc(O)c4CC2C3(C)C)cc1. The Bertz CT molecular complexity index is 960. The molecule has 1 aliphatic heterocycles. The van der Waals surface area contributed by atoms with Gasteiger partial charge in [0.25, 0.3) is 5.91 Å². The van der Waals surface area contributed by atoms with Gasteiger partial charge in [-0.3, -0.25) is 9.59 Å². The van der Waals surface area contributed by atoms with Gasteiger partial charge >= 0.3 is 0 Å². The van der Waals surface area contributed by atoms with Gasteiger partial charge in [0, 0.05) is 29.1 Å². The number of Topliss-reactive ketones (excluding diaryl/α,β-unsaturated/α-hetero) is 1. The van der Waals surface area contributed by atoms with Gasteiger partial charge < -0.3 is 10.0 Å². The first-order valence-corrected chi connectivity index (χ1v) is 9.90. The highest BCUT2D eigenvalue weighted by Gasteiger charge is 2.57. The number of likely N-dealkylation sites (tertiary alicyclic amines) is 1. The highest BCUT2D eigenvalue weighted by molar-refractivity contribution is 5.98. The van der Waals surface area contributed by atoms with Crippen LogP contribution in [-0.2, 0) is 11.8 Å². The molecule has 1 saturated heterocycles. The summed E-state index contributed by atoms with van der Waals surface area (Å²) in [6.07, 6.45) is 1.51. The molecule has 1 aliphatic carbocycles. The van der Waals surface area contributed by atoms with Crippen LogP contribution in [0.15, 0.2) is 42.5 Å². The summed E-state index contributed by atoms with van der Waals surface area (Å²) in [6, 6.07) is 12.7. The Morgan fingerprint density at radius 1 is 1.04 bits per heavy atom. The molecule has 0 saturated carbocycles. The van der Waals surface area contributed by atoms with Crippen LogP contribution in [0.3, 0.4) is 0 Å². The molecule has 2 aliphatic rings. The van der Waals surface area contributed by atoms with E-state index in [4.69, 9.17) is 0 Å². The van der Waals surface area contributed by atoms with Crippen molar-refractivity contribution in [1.82, 2.24) is 4.90 Å². The summed E-state index contributed by atoms with van der Waals surface area (Å²) in [4.78, 5) is 26.8. The highest BCUT2D eigenvalue weighted by Crippen LogP contribution is 2.57. The summed E-state index contributed by atoms with van der Waals surface area (Å²) >= 11 is 0. The van der Waals surface area contributed by atoms with E-state index in [1.165, 1.54) is 12.5 Å². The van der Waals surface area contributed by atoms with Crippen LogP contribution in [0.25, 0.3) is 0 Å². The first kappa shape index (κ1) is 18.7. The summed E-state index contributed by atoms with van der Waals surface area (Å²) in [5, 5.41) is 10.5. The third-order valence-electron chi connectivity index (χ3n) is 7.43. The summed E-state index contributed by atoms with van der Waals surface area (Å²) in [5.74, 6) is 0.312. The third-order valence-corrected chi connectivity index (χ3v) is 7.43. The molecule has 1 heterocycles. The molecular formula is C24H27NO3. The molecule has 0 spiro atoms. The quantitative estimate of drug-likeness (QED) is 0.792. The van der Waals surface area contributed by atoms with E-state index >= 15 is 0 Å². The van der Waals surface area contributed by atoms with E-state index in [1.807, 2.05) is 11.0 Å². The number of rotatable bonds is 2. The van der Waals surface area contributed by atoms with Crippen LogP contribution in [0.5, 0.6) is 5.75 Å². The van der Waals surface area contributed by atoms with Crippen LogP contribution in [0.1, 0.15) is 66.0 Å². The zero-order valence-corrected chi connectivity index (χ0v) is 17.0. The van der Waals surface area contributed by atoms with Crippen molar-refractivity contribution in [2.75, 3.05) is 6.54 Å². The standard InChI is InChI=1S/C24H27NO3/c1-15(26)16-8-10-17(11-9-16)22(28)25-13-12-24(4)19-6-5-7-20(27)18(19)14-21(25)23(24,2)3/h5-11,21,27H,12-14H2,1-4H3.